The summed E-state index contributed by atoms with van der Waals surface area (Å²) in [5, 5.41) is 0. The SMILES string of the molecule is COC(=O)c1ccc(OCCCOc2cccc(C(C)=O)c2)cc1. The lowest BCUT2D eigenvalue weighted by molar-refractivity contribution is 0.0600. The van der Waals surface area contributed by atoms with E-state index >= 15 is 0 Å². The molecule has 0 aromatic heterocycles. The molecule has 0 unspecified atom stereocenters. The monoisotopic (exact) mass is 328 g/mol. The van der Waals surface area contributed by atoms with E-state index in [1.165, 1.54) is 14.0 Å². The van der Waals surface area contributed by atoms with Crippen LogP contribution in [0.3, 0.4) is 0 Å². The van der Waals surface area contributed by atoms with Crippen LogP contribution in [0.2, 0.25) is 0 Å². The van der Waals surface area contributed by atoms with Gasteiger partial charge < -0.3 is 14.2 Å². The average Bonchev–Trinajstić information content (AvgIpc) is 2.61. The van der Waals surface area contributed by atoms with Crippen LogP contribution in [-0.2, 0) is 4.74 Å². The summed E-state index contributed by atoms with van der Waals surface area (Å²) in [6.45, 7) is 2.50. The fraction of sp³-hybridized carbons (Fsp3) is 0.263. The van der Waals surface area contributed by atoms with E-state index in [0.29, 0.717) is 42.3 Å². The number of ketones is 1. The van der Waals surface area contributed by atoms with Crippen LogP contribution >= 0.6 is 0 Å². The van der Waals surface area contributed by atoms with Gasteiger partial charge in [-0.3, -0.25) is 4.79 Å². The number of rotatable bonds is 8. The molecule has 5 nitrogen and oxygen atoms in total. The summed E-state index contributed by atoms with van der Waals surface area (Å²) in [6.07, 6.45) is 0.697. The third kappa shape index (κ3) is 5.12. The van der Waals surface area contributed by atoms with Crippen molar-refractivity contribution in [3.63, 3.8) is 0 Å². The van der Waals surface area contributed by atoms with Gasteiger partial charge in [0.2, 0.25) is 0 Å². The molecule has 0 spiro atoms. The molecule has 0 saturated heterocycles. The van der Waals surface area contributed by atoms with Crippen molar-refractivity contribution in [3.05, 3.63) is 59.7 Å². The molecule has 0 aliphatic carbocycles. The van der Waals surface area contributed by atoms with E-state index in [-0.39, 0.29) is 11.8 Å². The Labute approximate surface area is 141 Å². The lowest BCUT2D eigenvalue weighted by atomic mass is 10.1. The number of methoxy groups -OCH3 is 1. The van der Waals surface area contributed by atoms with Gasteiger partial charge in [0, 0.05) is 12.0 Å². The van der Waals surface area contributed by atoms with Crippen molar-refractivity contribution in [1.82, 2.24) is 0 Å². The van der Waals surface area contributed by atoms with Crippen LogP contribution in [0.25, 0.3) is 0 Å². The Morgan fingerprint density at radius 1 is 0.875 bits per heavy atom. The molecule has 2 rings (SSSR count). The highest BCUT2D eigenvalue weighted by molar-refractivity contribution is 5.94. The normalized spacial score (nSPS) is 10.1. The quantitative estimate of drug-likeness (QED) is 0.421. The summed E-state index contributed by atoms with van der Waals surface area (Å²) in [4.78, 5) is 22.6. The van der Waals surface area contributed by atoms with Crippen molar-refractivity contribution < 1.29 is 23.8 Å². The number of ether oxygens (including phenoxy) is 3. The zero-order valence-electron chi connectivity index (χ0n) is 13.8. The fourth-order valence-electron chi connectivity index (χ4n) is 2.05. The summed E-state index contributed by atoms with van der Waals surface area (Å²) in [5.41, 5.74) is 1.12. The van der Waals surface area contributed by atoms with Crippen LogP contribution in [0.5, 0.6) is 11.5 Å². The highest BCUT2D eigenvalue weighted by Crippen LogP contribution is 2.15. The number of carbonyl (C=O) groups is 2. The van der Waals surface area contributed by atoms with Crippen molar-refractivity contribution in [3.8, 4) is 11.5 Å². The van der Waals surface area contributed by atoms with Crippen molar-refractivity contribution in [2.24, 2.45) is 0 Å². The largest absolute Gasteiger partial charge is 0.493 e. The van der Waals surface area contributed by atoms with Gasteiger partial charge >= 0.3 is 5.97 Å². The maximum absolute atomic E-state index is 11.3. The summed E-state index contributed by atoms with van der Waals surface area (Å²) >= 11 is 0. The van der Waals surface area contributed by atoms with Crippen molar-refractivity contribution in [2.75, 3.05) is 20.3 Å². The summed E-state index contributed by atoms with van der Waals surface area (Å²) in [7, 11) is 1.35. The molecule has 126 valence electrons. The molecule has 2 aromatic rings. The summed E-state index contributed by atoms with van der Waals surface area (Å²) < 4.78 is 15.8. The Morgan fingerprint density at radius 3 is 2.17 bits per heavy atom. The van der Waals surface area contributed by atoms with Crippen molar-refractivity contribution in [2.45, 2.75) is 13.3 Å². The molecule has 0 amide bonds. The number of Topliss-reactive ketones (excluding diaryl/α,β-unsaturated/α-hetero) is 1. The molecule has 0 bridgehead atoms. The van der Waals surface area contributed by atoms with Crippen LogP contribution in [0.1, 0.15) is 34.1 Å². The first-order valence-electron chi connectivity index (χ1n) is 7.65. The van der Waals surface area contributed by atoms with Gasteiger partial charge in [-0.15, -0.1) is 0 Å². The molecule has 0 aliphatic rings. The van der Waals surface area contributed by atoms with E-state index in [1.54, 1.807) is 42.5 Å². The predicted molar refractivity (Wildman–Crippen MR) is 89.8 cm³/mol. The fourth-order valence-corrected chi connectivity index (χ4v) is 2.05. The molecule has 0 heterocycles. The van der Waals surface area contributed by atoms with Gasteiger partial charge in [-0.1, -0.05) is 12.1 Å². The smallest absolute Gasteiger partial charge is 0.337 e. The number of carbonyl (C=O) groups excluding carboxylic acids is 2. The molecule has 0 saturated carbocycles. The second-order valence-electron chi connectivity index (χ2n) is 5.15. The minimum atomic E-state index is -0.372. The van der Waals surface area contributed by atoms with E-state index in [0.717, 1.165) is 0 Å². The summed E-state index contributed by atoms with van der Waals surface area (Å²) in [6, 6.07) is 13.9. The molecule has 0 aliphatic heterocycles. The highest BCUT2D eigenvalue weighted by atomic mass is 16.5. The van der Waals surface area contributed by atoms with E-state index < -0.39 is 0 Å². The molecule has 2 aromatic carbocycles. The molecule has 0 radical (unpaired) electrons. The second-order valence-corrected chi connectivity index (χ2v) is 5.15. The van der Waals surface area contributed by atoms with Crippen LogP contribution in [0.4, 0.5) is 0 Å². The van der Waals surface area contributed by atoms with Gasteiger partial charge in [0.25, 0.3) is 0 Å². The van der Waals surface area contributed by atoms with Crippen molar-refractivity contribution in [1.29, 1.82) is 0 Å². The Bertz CT molecular complexity index is 691. The Hall–Kier alpha value is -2.82. The first-order chi connectivity index (χ1) is 11.6. The van der Waals surface area contributed by atoms with Crippen LogP contribution < -0.4 is 9.47 Å². The average molecular weight is 328 g/mol. The Morgan fingerprint density at radius 2 is 1.54 bits per heavy atom. The first-order valence-corrected chi connectivity index (χ1v) is 7.65. The topological polar surface area (TPSA) is 61.8 Å². The molecule has 24 heavy (non-hydrogen) atoms. The van der Waals surface area contributed by atoms with E-state index in [1.807, 2.05) is 6.07 Å². The van der Waals surface area contributed by atoms with Crippen LogP contribution in [-0.4, -0.2) is 32.1 Å². The minimum Gasteiger partial charge on any atom is -0.493 e. The van der Waals surface area contributed by atoms with Gasteiger partial charge in [-0.25, -0.2) is 4.79 Å². The minimum absolute atomic E-state index is 0.0131. The Balaban J connectivity index is 1.72. The first kappa shape index (κ1) is 17.5. The molecular formula is C19H20O5. The van der Waals surface area contributed by atoms with Gasteiger partial charge in [-0.2, -0.15) is 0 Å². The van der Waals surface area contributed by atoms with Crippen LogP contribution in [0.15, 0.2) is 48.5 Å². The predicted octanol–water partition coefficient (Wildman–Crippen LogP) is 3.52. The zero-order valence-corrected chi connectivity index (χ0v) is 13.8. The molecule has 0 fully saturated rings. The number of benzene rings is 2. The molecular weight excluding hydrogens is 308 g/mol. The van der Waals surface area contributed by atoms with Crippen molar-refractivity contribution >= 4 is 11.8 Å². The van der Waals surface area contributed by atoms with Gasteiger partial charge in [0.1, 0.15) is 11.5 Å². The van der Waals surface area contributed by atoms with Gasteiger partial charge in [0.05, 0.1) is 25.9 Å². The zero-order chi connectivity index (χ0) is 17.4. The van der Waals surface area contributed by atoms with Gasteiger partial charge in [-0.05, 0) is 43.3 Å². The maximum Gasteiger partial charge on any atom is 0.337 e. The number of hydrogen-bond donors (Lipinski definition) is 0. The lowest BCUT2D eigenvalue weighted by Gasteiger charge is -2.09. The number of hydrogen-bond acceptors (Lipinski definition) is 5. The van der Waals surface area contributed by atoms with E-state index in [4.69, 9.17) is 9.47 Å². The molecule has 0 N–H and O–H groups in total. The summed E-state index contributed by atoms with van der Waals surface area (Å²) in [5.74, 6) is 0.994. The number of esters is 1. The van der Waals surface area contributed by atoms with Gasteiger partial charge in [0.15, 0.2) is 5.78 Å². The van der Waals surface area contributed by atoms with Crippen LogP contribution in [0, 0.1) is 0 Å². The highest BCUT2D eigenvalue weighted by Gasteiger charge is 2.05. The second kappa shape index (κ2) is 8.72. The lowest BCUT2D eigenvalue weighted by Crippen LogP contribution is -2.06. The molecule has 5 heteroatoms. The third-order valence-corrected chi connectivity index (χ3v) is 3.34. The maximum atomic E-state index is 11.3. The standard InChI is InChI=1S/C19H20O5/c1-14(20)16-5-3-6-18(13-16)24-12-4-11-23-17-9-7-15(8-10-17)19(21)22-2/h3,5-10,13H,4,11-12H2,1-2H3. The molecule has 0 atom stereocenters. The van der Waals surface area contributed by atoms with E-state index in [2.05, 4.69) is 4.74 Å². The Kier molecular flexibility index (Phi) is 6.37. The third-order valence-electron chi connectivity index (χ3n) is 3.34. The van der Waals surface area contributed by atoms with E-state index in [9.17, 15) is 9.59 Å².